The summed E-state index contributed by atoms with van der Waals surface area (Å²) in [5.74, 6) is 5.78. The zero-order valence-corrected chi connectivity index (χ0v) is 19.0. The van der Waals surface area contributed by atoms with Gasteiger partial charge in [-0.3, -0.25) is 14.7 Å². The third kappa shape index (κ3) is 6.26. The molecule has 33 heavy (non-hydrogen) atoms. The molecule has 8 nitrogen and oxygen atoms in total. The Kier molecular flexibility index (Phi) is 7.15. The van der Waals surface area contributed by atoms with Crippen LogP contribution in [0.25, 0.3) is 0 Å². The van der Waals surface area contributed by atoms with Crippen LogP contribution in [-0.4, -0.2) is 63.9 Å². The second kappa shape index (κ2) is 10.4. The normalized spacial score (nSPS) is 14.4. The van der Waals surface area contributed by atoms with Gasteiger partial charge in [-0.1, -0.05) is 29.5 Å². The Morgan fingerprint density at radius 1 is 1.06 bits per heavy atom. The number of likely N-dealkylation sites (N-methyl/N-ethyl adjacent to an activating group) is 1. The van der Waals surface area contributed by atoms with Gasteiger partial charge in [0.25, 0.3) is 5.91 Å². The van der Waals surface area contributed by atoms with Crippen LogP contribution in [0.1, 0.15) is 27.0 Å². The number of carbonyl (C=O) groups is 1. The lowest BCUT2D eigenvalue weighted by molar-refractivity contribution is 0.102. The molecule has 0 spiro atoms. The molecule has 0 radical (unpaired) electrons. The van der Waals surface area contributed by atoms with Gasteiger partial charge in [-0.15, -0.1) is 0 Å². The van der Waals surface area contributed by atoms with Gasteiger partial charge < -0.3 is 16.0 Å². The number of nitrogens with one attached hydrogen (secondary N) is 1. The molecule has 168 valence electrons. The van der Waals surface area contributed by atoms with E-state index in [2.05, 4.69) is 49.0 Å². The predicted molar refractivity (Wildman–Crippen MR) is 129 cm³/mol. The van der Waals surface area contributed by atoms with Crippen molar-refractivity contribution >= 4 is 29.1 Å². The quantitative estimate of drug-likeness (QED) is 0.576. The van der Waals surface area contributed by atoms with E-state index in [1.807, 2.05) is 12.1 Å². The van der Waals surface area contributed by atoms with Gasteiger partial charge >= 0.3 is 0 Å². The van der Waals surface area contributed by atoms with Crippen LogP contribution in [0, 0.1) is 11.8 Å². The molecule has 9 heteroatoms. The van der Waals surface area contributed by atoms with Gasteiger partial charge in [-0.25, -0.2) is 9.97 Å². The molecule has 1 aliphatic rings. The van der Waals surface area contributed by atoms with Gasteiger partial charge in [0.15, 0.2) is 0 Å². The summed E-state index contributed by atoms with van der Waals surface area (Å²) in [5.41, 5.74) is 8.76. The molecule has 0 unspecified atom stereocenters. The van der Waals surface area contributed by atoms with Crippen LogP contribution in [0.5, 0.6) is 0 Å². The van der Waals surface area contributed by atoms with Crippen LogP contribution in [0.4, 0.5) is 11.6 Å². The number of amides is 1. The van der Waals surface area contributed by atoms with Gasteiger partial charge in [0, 0.05) is 73.8 Å². The van der Waals surface area contributed by atoms with E-state index in [1.165, 1.54) is 18.6 Å². The number of aromatic nitrogens is 3. The number of anilines is 2. The number of hydrogen-bond donors (Lipinski definition) is 2. The Balaban J connectivity index is 1.40. The molecule has 2 aromatic heterocycles. The fourth-order valence-corrected chi connectivity index (χ4v) is 3.62. The summed E-state index contributed by atoms with van der Waals surface area (Å²) < 4.78 is 0. The lowest BCUT2D eigenvalue weighted by atomic mass is 10.1. The summed E-state index contributed by atoms with van der Waals surface area (Å²) in [5, 5.41) is 3.51. The third-order valence-corrected chi connectivity index (χ3v) is 5.68. The SMILES string of the molecule is CN1CCN(Cc2ccc(NC(=O)c3cncc(C#Cc4cnc(N)nc4)c3)cc2Cl)CC1. The first-order valence-corrected chi connectivity index (χ1v) is 10.9. The second-order valence-corrected chi connectivity index (χ2v) is 8.29. The molecule has 3 N–H and O–H groups in total. The molecule has 1 saturated heterocycles. The van der Waals surface area contributed by atoms with Crippen molar-refractivity contribution in [3.63, 3.8) is 0 Å². The number of nitrogen functional groups attached to an aromatic ring is 1. The topological polar surface area (TPSA) is 100 Å². The molecule has 0 bridgehead atoms. The molecule has 1 aliphatic heterocycles. The van der Waals surface area contributed by atoms with E-state index in [0.29, 0.717) is 27.4 Å². The highest BCUT2D eigenvalue weighted by Gasteiger charge is 2.15. The smallest absolute Gasteiger partial charge is 0.257 e. The average molecular weight is 462 g/mol. The number of halogens is 1. The Labute approximate surface area is 197 Å². The first-order chi connectivity index (χ1) is 16.0. The van der Waals surface area contributed by atoms with E-state index < -0.39 is 0 Å². The van der Waals surface area contributed by atoms with Gasteiger partial charge in [0.2, 0.25) is 5.95 Å². The number of carbonyl (C=O) groups excluding carboxylic acids is 1. The Morgan fingerprint density at radius 2 is 1.79 bits per heavy atom. The van der Waals surface area contributed by atoms with Crippen molar-refractivity contribution in [2.75, 3.05) is 44.3 Å². The number of hydrogen-bond acceptors (Lipinski definition) is 7. The molecule has 1 amide bonds. The van der Waals surface area contributed by atoms with Crippen molar-refractivity contribution in [2.24, 2.45) is 0 Å². The van der Waals surface area contributed by atoms with Crippen molar-refractivity contribution < 1.29 is 4.79 Å². The molecule has 1 aromatic carbocycles. The Morgan fingerprint density at radius 3 is 2.52 bits per heavy atom. The van der Waals surface area contributed by atoms with Gasteiger partial charge in [-0.2, -0.15) is 0 Å². The minimum absolute atomic E-state index is 0.188. The summed E-state index contributed by atoms with van der Waals surface area (Å²) in [4.78, 5) is 29.4. The maximum atomic E-state index is 12.7. The van der Waals surface area contributed by atoms with Crippen molar-refractivity contribution in [3.05, 3.63) is 76.3 Å². The lowest BCUT2D eigenvalue weighted by Crippen LogP contribution is -2.43. The molecule has 0 aliphatic carbocycles. The van der Waals surface area contributed by atoms with E-state index in [1.54, 1.807) is 18.3 Å². The van der Waals surface area contributed by atoms with E-state index >= 15 is 0 Å². The number of pyridine rings is 1. The van der Waals surface area contributed by atoms with Crippen LogP contribution < -0.4 is 11.1 Å². The third-order valence-electron chi connectivity index (χ3n) is 5.32. The molecule has 3 heterocycles. The number of rotatable bonds is 4. The maximum Gasteiger partial charge on any atom is 0.257 e. The van der Waals surface area contributed by atoms with Crippen molar-refractivity contribution in [1.29, 1.82) is 0 Å². The highest BCUT2D eigenvalue weighted by molar-refractivity contribution is 6.31. The maximum absolute atomic E-state index is 12.7. The van der Waals surface area contributed by atoms with E-state index in [9.17, 15) is 4.79 Å². The van der Waals surface area contributed by atoms with Crippen LogP contribution in [-0.2, 0) is 6.54 Å². The standard InChI is InChI=1S/C24H24ClN7O/c1-31-6-8-32(9-7-31)16-19-4-5-21(11-22(19)25)30-23(33)20-10-17(12-27-15-20)2-3-18-13-28-24(26)29-14-18/h4-5,10-15H,6-9,16H2,1H3,(H,30,33)(H2,26,28,29). The molecule has 1 fully saturated rings. The van der Waals surface area contributed by atoms with Crippen molar-refractivity contribution in [3.8, 4) is 11.8 Å². The van der Waals surface area contributed by atoms with E-state index in [4.69, 9.17) is 17.3 Å². The van der Waals surface area contributed by atoms with E-state index in [-0.39, 0.29) is 11.9 Å². The summed E-state index contributed by atoms with van der Waals surface area (Å²) in [7, 11) is 2.13. The molecule has 4 rings (SSSR count). The minimum Gasteiger partial charge on any atom is -0.368 e. The first-order valence-electron chi connectivity index (χ1n) is 10.5. The zero-order valence-electron chi connectivity index (χ0n) is 18.3. The Hall–Kier alpha value is -3.51. The monoisotopic (exact) mass is 461 g/mol. The molecular formula is C24H24ClN7O. The van der Waals surface area contributed by atoms with Gasteiger partial charge in [0.05, 0.1) is 11.1 Å². The molecule has 3 aromatic rings. The van der Waals surface area contributed by atoms with Gasteiger partial charge in [0.1, 0.15) is 0 Å². The number of piperazine rings is 1. The number of nitrogens with two attached hydrogens (primary N) is 1. The zero-order chi connectivity index (χ0) is 23.2. The van der Waals surface area contributed by atoms with Gasteiger partial charge in [-0.05, 0) is 30.8 Å². The largest absolute Gasteiger partial charge is 0.368 e. The summed E-state index contributed by atoms with van der Waals surface area (Å²) in [6.45, 7) is 4.93. The highest BCUT2D eigenvalue weighted by Crippen LogP contribution is 2.23. The number of benzene rings is 1. The van der Waals surface area contributed by atoms with Crippen LogP contribution >= 0.6 is 11.6 Å². The molecular weight excluding hydrogens is 438 g/mol. The fourth-order valence-electron chi connectivity index (χ4n) is 3.38. The van der Waals surface area contributed by atoms with Crippen molar-refractivity contribution in [1.82, 2.24) is 24.8 Å². The van der Waals surface area contributed by atoms with Crippen LogP contribution in [0.3, 0.4) is 0 Å². The summed E-state index contributed by atoms with van der Waals surface area (Å²) in [6.07, 6.45) is 6.16. The Bertz CT molecular complexity index is 1200. The summed E-state index contributed by atoms with van der Waals surface area (Å²) in [6, 6.07) is 7.29. The highest BCUT2D eigenvalue weighted by atomic mass is 35.5. The first kappa shape index (κ1) is 22.7. The fraction of sp³-hybridized carbons (Fsp3) is 0.250. The molecule has 0 saturated carbocycles. The summed E-state index contributed by atoms with van der Waals surface area (Å²) >= 11 is 6.50. The van der Waals surface area contributed by atoms with Crippen LogP contribution in [0.2, 0.25) is 5.02 Å². The van der Waals surface area contributed by atoms with Crippen molar-refractivity contribution in [2.45, 2.75) is 6.54 Å². The second-order valence-electron chi connectivity index (χ2n) is 7.88. The van der Waals surface area contributed by atoms with Crippen LogP contribution in [0.15, 0.2) is 49.1 Å². The average Bonchev–Trinajstić information content (AvgIpc) is 2.82. The number of nitrogens with zero attached hydrogens (tertiary/aromatic N) is 5. The van der Waals surface area contributed by atoms with E-state index in [0.717, 1.165) is 38.3 Å². The lowest BCUT2D eigenvalue weighted by Gasteiger charge is -2.32. The molecule has 0 atom stereocenters. The predicted octanol–water partition coefficient (Wildman–Crippen LogP) is 2.51. The minimum atomic E-state index is -0.287.